The zero-order valence-electron chi connectivity index (χ0n) is 12.9. The highest BCUT2D eigenvalue weighted by atomic mass is 14.1. The fraction of sp³-hybridized carbons (Fsp3) is 0.136. The molecule has 0 atom stereocenters. The second-order valence-electron chi connectivity index (χ2n) is 5.44. The minimum Gasteiger partial charge on any atom is -0.116 e. The van der Waals surface area contributed by atoms with Crippen molar-refractivity contribution in [2.24, 2.45) is 0 Å². The second-order valence-corrected chi connectivity index (χ2v) is 5.44. The number of unbranched alkanes of at least 4 members (excludes halogenated alkanes) is 1. The van der Waals surface area contributed by atoms with Crippen molar-refractivity contribution in [3.63, 3.8) is 0 Å². The molecule has 0 saturated carbocycles. The van der Waals surface area contributed by atoms with Crippen molar-refractivity contribution in [2.75, 3.05) is 0 Å². The molecule has 0 aliphatic heterocycles. The lowest BCUT2D eigenvalue weighted by molar-refractivity contribution is 0.960. The highest BCUT2D eigenvalue weighted by Gasteiger charge is 2.05. The topological polar surface area (TPSA) is 0 Å². The summed E-state index contributed by atoms with van der Waals surface area (Å²) in [6.07, 6.45) is 4.36. The van der Waals surface area contributed by atoms with Crippen LogP contribution in [0.3, 0.4) is 0 Å². The van der Waals surface area contributed by atoms with Gasteiger partial charge in [0.05, 0.1) is 0 Å². The molecule has 3 rings (SSSR count). The summed E-state index contributed by atoms with van der Waals surface area (Å²) in [5, 5.41) is 2.54. The number of benzene rings is 3. The Kier molecular flexibility index (Phi) is 4.53. The van der Waals surface area contributed by atoms with Crippen molar-refractivity contribution in [3.05, 3.63) is 95.7 Å². The third kappa shape index (κ3) is 3.19. The van der Waals surface area contributed by atoms with Crippen LogP contribution in [0.2, 0.25) is 0 Å². The summed E-state index contributed by atoms with van der Waals surface area (Å²) in [6, 6.07) is 25.6. The minimum atomic E-state index is 1.06. The van der Waals surface area contributed by atoms with Crippen LogP contribution in [0.5, 0.6) is 0 Å². The van der Waals surface area contributed by atoms with E-state index in [2.05, 4.69) is 91.5 Å². The molecule has 0 aromatic heterocycles. The molecule has 0 N–H and O–H groups in total. The van der Waals surface area contributed by atoms with Crippen LogP contribution in [0.25, 0.3) is 16.3 Å². The van der Waals surface area contributed by atoms with Gasteiger partial charge in [0, 0.05) is 5.57 Å². The Balaban J connectivity index is 2.13. The molecule has 0 aliphatic carbocycles. The molecule has 0 bridgehead atoms. The van der Waals surface area contributed by atoms with E-state index in [1.165, 1.54) is 27.5 Å². The van der Waals surface area contributed by atoms with E-state index < -0.39 is 0 Å². The van der Waals surface area contributed by atoms with Gasteiger partial charge in [0.2, 0.25) is 0 Å². The largest absolute Gasteiger partial charge is 0.116 e. The van der Waals surface area contributed by atoms with Crippen molar-refractivity contribution in [2.45, 2.75) is 19.8 Å². The maximum atomic E-state index is 3.51. The molecule has 22 heavy (non-hydrogen) atoms. The first-order valence-corrected chi connectivity index (χ1v) is 7.88. The van der Waals surface area contributed by atoms with Gasteiger partial charge in [-0.05, 0) is 40.5 Å². The first-order valence-electron chi connectivity index (χ1n) is 7.88. The Morgan fingerprint density at radius 1 is 0.818 bits per heavy atom. The van der Waals surface area contributed by atoms with Gasteiger partial charge in [0.15, 0.2) is 0 Å². The summed E-state index contributed by atoms with van der Waals surface area (Å²) >= 11 is 0. The summed E-state index contributed by atoms with van der Waals surface area (Å²) in [5.74, 6) is 0. The molecule has 0 nitrogen and oxygen atoms in total. The van der Waals surface area contributed by atoms with Crippen LogP contribution in [0.15, 0.2) is 84.6 Å². The Morgan fingerprint density at radius 2 is 1.55 bits per heavy atom. The van der Waals surface area contributed by atoms with Gasteiger partial charge in [-0.15, -0.1) is 5.73 Å². The second kappa shape index (κ2) is 6.93. The van der Waals surface area contributed by atoms with E-state index in [-0.39, 0.29) is 0 Å². The summed E-state index contributed by atoms with van der Waals surface area (Å²) < 4.78 is 0. The molecule has 0 heterocycles. The maximum Gasteiger partial charge on any atom is 0.0306 e. The van der Waals surface area contributed by atoms with E-state index >= 15 is 0 Å². The van der Waals surface area contributed by atoms with Crippen LogP contribution in [-0.2, 0) is 0 Å². The molecule has 0 aliphatic rings. The average molecular weight is 284 g/mol. The van der Waals surface area contributed by atoms with Crippen molar-refractivity contribution >= 4 is 16.3 Å². The van der Waals surface area contributed by atoms with E-state index in [0.29, 0.717) is 0 Å². The van der Waals surface area contributed by atoms with Crippen LogP contribution in [-0.4, -0.2) is 0 Å². The van der Waals surface area contributed by atoms with Gasteiger partial charge in [-0.1, -0.05) is 80.1 Å². The van der Waals surface area contributed by atoms with E-state index in [0.717, 1.165) is 12.8 Å². The summed E-state index contributed by atoms with van der Waals surface area (Å²) in [4.78, 5) is 0. The molecule has 0 saturated heterocycles. The van der Waals surface area contributed by atoms with E-state index in [4.69, 9.17) is 0 Å². The smallest absolute Gasteiger partial charge is 0.0306 e. The number of fused-ring (bicyclic) bond motifs is 1. The number of hydrogen-bond donors (Lipinski definition) is 0. The van der Waals surface area contributed by atoms with Gasteiger partial charge in [-0.3, -0.25) is 0 Å². The lowest BCUT2D eigenvalue weighted by atomic mass is 9.96. The Bertz CT molecular complexity index is 819. The lowest BCUT2D eigenvalue weighted by Crippen LogP contribution is -1.87. The molecule has 0 spiro atoms. The van der Waals surface area contributed by atoms with Crippen LogP contribution < -0.4 is 0 Å². The predicted octanol–water partition coefficient (Wildman–Crippen LogP) is 6.23. The van der Waals surface area contributed by atoms with Crippen molar-refractivity contribution in [1.29, 1.82) is 0 Å². The summed E-state index contributed by atoms with van der Waals surface area (Å²) in [7, 11) is 0. The third-order valence-corrected chi connectivity index (χ3v) is 3.78. The molecule has 0 amide bonds. The van der Waals surface area contributed by atoms with Gasteiger partial charge in [0.1, 0.15) is 0 Å². The standard InChI is InChI=1S/C22H20/c1-2-3-5-14-22(19-11-6-4-7-12-19)21-16-15-18-10-8-9-13-20(18)17-21/h4-13,15-17H,2-3H2,1H3. The molecule has 0 fully saturated rings. The fourth-order valence-electron chi connectivity index (χ4n) is 2.60. The summed E-state index contributed by atoms with van der Waals surface area (Å²) in [6.45, 7) is 2.19. The zero-order valence-corrected chi connectivity index (χ0v) is 12.9. The van der Waals surface area contributed by atoms with Crippen molar-refractivity contribution in [3.8, 4) is 0 Å². The first-order chi connectivity index (χ1) is 10.9. The van der Waals surface area contributed by atoms with Gasteiger partial charge in [-0.2, -0.15) is 0 Å². The quantitative estimate of drug-likeness (QED) is 0.498. The Hall–Kier alpha value is -2.56. The van der Waals surface area contributed by atoms with Crippen LogP contribution in [0, 0.1) is 0 Å². The SMILES string of the molecule is CCCC=C=C(c1ccccc1)c1ccc2ccccc2c1. The normalized spacial score (nSPS) is 10.2. The monoisotopic (exact) mass is 284 g/mol. The minimum absolute atomic E-state index is 1.06. The average Bonchev–Trinajstić information content (AvgIpc) is 2.59. The highest BCUT2D eigenvalue weighted by Crippen LogP contribution is 2.26. The van der Waals surface area contributed by atoms with Gasteiger partial charge < -0.3 is 0 Å². The molecule has 3 aromatic carbocycles. The number of allylic oxidation sites excluding steroid dienone is 1. The van der Waals surface area contributed by atoms with E-state index in [1.807, 2.05) is 0 Å². The fourth-order valence-corrected chi connectivity index (χ4v) is 2.60. The molecule has 0 radical (unpaired) electrons. The van der Waals surface area contributed by atoms with E-state index in [9.17, 15) is 0 Å². The van der Waals surface area contributed by atoms with Crippen molar-refractivity contribution < 1.29 is 0 Å². The van der Waals surface area contributed by atoms with E-state index in [1.54, 1.807) is 0 Å². The molecule has 0 heteroatoms. The molecular formula is C22H20. The first kappa shape index (κ1) is 14.4. The molecule has 0 unspecified atom stereocenters. The molecule has 108 valence electrons. The third-order valence-electron chi connectivity index (χ3n) is 3.78. The molecule has 3 aromatic rings. The Morgan fingerprint density at radius 3 is 2.32 bits per heavy atom. The van der Waals surface area contributed by atoms with Crippen LogP contribution in [0.1, 0.15) is 30.9 Å². The zero-order chi connectivity index (χ0) is 15.2. The van der Waals surface area contributed by atoms with Crippen molar-refractivity contribution in [1.82, 2.24) is 0 Å². The molecular weight excluding hydrogens is 264 g/mol. The highest BCUT2D eigenvalue weighted by molar-refractivity contribution is 5.89. The Labute approximate surface area is 132 Å². The van der Waals surface area contributed by atoms with Crippen LogP contribution in [0.4, 0.5) is 0 Å². The predicted molar refractivity (Wildman–Crippen MR) is 95.9 cm³/mol. The van der Waals surface area contributed by atoms with Gasteiger partial charge in [-0.25, -0.2) is 0 Å². The van der Waals surface area contributed by atoms with Crippen LogP contribution >= 0.6 is 0 Å². The van der Waals surface area contributed by atoms with Gasteiger partial charge in [0.25, 0.3) is 0 Å². The lowest BCUT2D eigenvalue weighted by Gasteiger charge is -2.07. The number of rotatable bonds is 4. The maximum absolute atomic E-state index is 3.51. The number of hydrogen-bond acceptors (Lipinski definition) is 0. The van der Waals surface area contributed by atoms with Gasteiger partial charge >= 0.3 is 0 Å². The summed E-state index contributed by atoms with van der Waals surface area (Å²) in [5.41, 5.74) is 7.11.